The quantitative estimate of drug-likeness (QED) is 0.832. The van der Waals surface area contributed by atoms with Gasteiger partial charge in [-0.15, -0.1) is 0 Å². The van der Waals surface area contributed by atoms with E-state index in [0.29, 0.717) is 5.11 Å². The predicted octanol–water partition coefficient (Wildman–Crippen LogP) is 3.08. The van der Waals surface area contributed by atoms with Gasteiger partial charge in [0.1, 0.15) is 17.2 Å². The smallest absolute Gasteiger partial charge is 0.190 e. The molecule has 0 amide bonds. The largest absolute Gasteiger partial charge is 0.497 e. The van der Waals surface area contributed by atoms with Crippen LogP contribution in [0.15, 0.2) is 42.5 Å². The van der Waals surface area contributed by atoms with Crippen molar-refractivity contribution in [3.8, 4) is 11.5 Å². The topological polar surface area (TPSA) is 45.8 Å². The molecule has 0 aromatic heterocycles. The molecule has 0 radical (unpaired) electrons. The minimum Gasteiger partial charge on any atom is -0.497 e. The molecule has 1 atom stereocenters. The van der Waals surface area contributed by atoms with Crippen LogP contribution in [-0.2, 0) is 5.66 Å². The van der Waals surface area contributed by atoms with E-state index in [1.165, 1.54) is 5.56 Å². The molecule has 126 valence electrons. The van der Waals surface area contributed by atoms with Gasteiger partial charge in [-0.1, -0.05) is 17.7 Å². The first-order valence-corrected chi connectivity index (χ1v) is 8.07. The minimum atomic E-state index is -0.584. The van der Waals surface area contributed by atoms with Gasteiger partial charge in [0, 0.05) is 11.6 Å². The summed E-state index contributed by atoms with van der Waals surface area (Å²) in [6.45, 7) is 4.09. The molecule has 0 spiro atoms. The van der Waals surface area contributed by atoms with E-state index >= 15 is 0 Å². The Labute approximate surface area is 147 Å². The number of hydrogen-bond acceptors (Lipinski definition) is 4. The number of thiocarbonyl (C=S) groups is 1. The minimum absolute atomic E-state index is 0.584. The van der Waals surface area contributed by atoms with E-state index in [2.05, 4.69) is 29.8 Å². The molecule has 3 rings (SSSR count). The van der Waals surface area contributed by atoms with Crippen molar-refractivity contribution in [1.29, 1.82) is 0 Å². The van der Waals surface area contributed by atoms with Crippen molar-refractivity contribution in [3.05, 3.63) is 53.6 Å². The van der Waals surface area contributed by atoms with Gasteiger partial charge in [0.25, 0.3) is 0 Å². The average Bonchev–Trinajstić information content (AvgIpc) is 2.90. The van der Waals surface area contributed by atoms with Crippen LogP contribution in [0, 0.1) is 6.92 Å². The first-order valence-electron chi connectivity index (χ1n) is 7.66. The molecular weight excluding hydrogens is 322 g/mol. The summed E-state index contributed by atoms with van der Waals surface area (Å²) < 4.78 is 10.8. The summed E-state index contributed by atoms with van der Waals surface area (Å²) in [6, 6.07) is 13.9. The van der Waals surface area contributed by atoms with Crippen LogP contribution in [0.2, 0.25) is 0 Å². The van der Waals surface area contributed by atoms with Gasteiger partial charge in [-0.2, -0.15) is 5.43 Å². The number of aryl methyl sites for hydroxylation is 1. The number of hydrazine groups is 1. The zero-order chi connectivity index (χ0) is 17.3. The van der Waals surface area contributed by atoms with Gasteiger partial charge < -0.3 is 14.8 Å². The first-order chi connectivity index (χ1) is 11.5. The van der Waals surface area contributed by atoms with Crippen LogP contribution in [0.3, 0.4) is 0 Å². The molecule has 2 N–H and O–H groups in total. The van der Waals surface area contributed by atoms with Crippen LogP contribution < -0.4 is 25.2 Å². The number of ether oxygens (including phenoxy) is 2. The van der Waals surface area contributed by atoms with E-state index in [0.717, 1.165) is 22.7 Å². The maximum Gasteiger partial charge on any atom is 0.190 e. The highest BCUT2D eigenvalue weighted by atomic mass is 32.1. The van der Waals surface area contributed by atoms with Crippen molar-refractivity contribution in [2.75, 3.05) is 19.2 Å². The molecule has 0 saturated carbocycles. The van der Waals surface area contributed by atoms with Gasteiger partial charge in [0.05, 0.1) is 19.9 Å². The summed E-state index contributed by atoms with van der Waals surface area (Å²) in [7, 11) is 3.28. The number of nitrogens with zero attached hydrogens (tertiary/aromatic N) is 1. The fraction of sp³-hybridized carbons (Fsp3) is 0.278. The van der Waals surface area contributed by atoms with Crippen LogP contribution in [0.1, 0.15) is 18.1 Å². The van der Waals surface area contributed by atoms with Crippen LogP contribution in [0.4, 0.5) is 5.69 Å². The second-order valence-corrected chi connectivity index (χ2v) is 6.29. The monoisotopic (exact) mass is 343 g/mol. The maximum atomic E-state index is 5.54. The molecule has 2 aromatic carbocycles. The van der Waals surface area contributed by atoms with E-state index in [9.17, 15) is 0 Å². The second-order valence-electron chi connectivity index (χ2n) is 5.90. The lowest BCUT2D eigenvalue weighted by Crippen LogP contribution is -2.46. The van der Waals surface area contributed by atoms with Crippen molar-refractivity contribution < 1.29 is 9.47 Å². The highest BCUT2D eigenvalue weighted by Gasteiger charge is 2.40. The van der Waals surface area contributed by atoms with Crippen molar-refractivity contribution in [3.63, 3.8) is 0 Å². The number of rotatable bonds is 4. The molecule has 0 aliphatic carbocycles. The van der Waals surface area contributed by atoms with Crippen LogP contribution in [-0.4, -0.2) is 19.3 Å². The van der Waals surface area contributed by atoms with Gasteiger partial charge in [-0.05, 0) is 50.3 Å². The van der Waals surface area contributed by atoms with Crippen molar-refractivity contribution in [2.24, 2.45) is 0 Å². The molecule has 1 aliphatic heterocycles. The number of benzene rings is 2. The van der Waals surface area contributed by atoms with Crippen molar-refractivity contribution in [1.82, 2.24) is 10.7 Å². The fourth-order valence-electron chi connectivity index (χ4n) is 2.79. The summed E-state index contributed by atoms with van der Waals surface area (Å²) in [6.07, 6.45) is 0. The Bertz CT molecular complexity index is 763. The summed E-state index contributed by atoms with van der Waals surface area (Å²) in [5, 5.41) is 5.83. The summed E-state index contributed by atoms with van der Waals surface area (Å²) >= 11 is 5.52. The third-order valence-electron chi connectivity index (χ3n) is 4.13. The third kappa shape index (κ3) is 2.90. The van der Waals surface area contributed by atoms with E-state index in [-0.39, 0.29) is 0 Å². The van der Waals surface area contributed by atoms with Crippen LogP contribution in [0.25, 0.3) is 0 Å². The van der Waals surface area contributed by atoms with Gasteiger partial charge in [-0.3, -0.25) is 0 Å². The molecule has 1 heterocycles. The van der Waals surface area contributed by atoms with E-state index in [1.807, 2.05) is 42.3 Å². The van der Waals surface area contributed by atoms with Crippen LogP contribution >= 0.6 is 12.2 Å². The first kappa shape index (κ1) is 16.5. The predicted molar refractivity (Wildman–Crippen MR) is 99.4 cm³/mol. The van der Waals surface area contributed by atoms with Crippen molar-refractivity contribution in [2.45, 2.75) is 19.5 Å². The zero-order valence-corrected chi connectivity index (χ0v) is 15.0. The van der Waals surface area contributed by atoms with Gasteiger partial charge in [0.2, 0.25) is 0 Å². The van der Waals surface area contributed by atoms with Crippen molar-refractivity contribution >= 4 is 23.0 Å². The summed E-state index contributed by atoms with van der Waals surface area (Å²) in [5.41, 5.74) is 5.99. The average molecular weight is 343 g/mol. The standard InChI is InChI=1S/C18H21N3O2S/c1-12-5-7-13(8-6-12)21-17(24)19-18(2,20-21)15-10-9-14(22-3)11-16(15)23-4/h5-11,20H,1-4H3,(H,19,24)/t18-/m1/s1. The second kappa shape index (κ2) is 6.30. The number of hydrogen-bond donors (Lipinski definition) is 2. The maximum absolute atomic E-state index is 5.54. The highest BCUT2D eigenvalue weighted by molar-refractivity contribution is 7.80. The summed E-state index contributed by atoms with van der Waals surface area (Å²) in [5.74, 6) is 1.47. The molecule has 1 aliphatic rings. The Hall–Kier alpha value is -2.31. The molecule has 5 nitrogen and oxygen atoms in total. The number of methoxy groups -OCH3 is 2. The lowest BCUT2D eigenvalue weighted by Gasteiger charge is -2.28. The van der Waals surface area contributed by atoms with E-state index in [1.54, 1.807) is 14.2 Å². The summed E-state index contributed by atoms with van der Waals surface area (Å²) in [4.78, 5) is 0. The Kier molecular flexibility index (Phi) is 4.34. The third-order valence-corrected chi connectivity index (χ3v) is 4.42. The number of nitrogens with one attached hydrogen (secondary N) is 2. The molecule has 24 heavy (non-hydrogen) atoms. The lowest BCUT2D eigenvalue weighted by atomic mass is 10.0. The van der Waals surface area contributed by atoms with Gasteiger partial charge in [0.15, 0.2) is 5.11 Å². The lowest BCUT2D eigenvalue weighted by molar-refractivity contribution is 0.345. The zero-order valence-electron chi connectivity index (χ0n) is 14.2. The van der Waals surface area contributed by atoms with E-state index < -0.39 is 5.66 Å². The Morgan fingerprint density at radius 2 is 1.75 bits per heavy atom. The highest BCUT2D eigenvalue weighted by Crippen LogP contribution is 2.34. The molecule has 0 bridgehead atoms. The molecular formula is C18H21N3O2S. The SMILES string of the molecule is COc1ccc([C@]2(C)NC(=S)N(c3ccc(C)cc3)N2)c(OC)c1. The molecule has 1 saturated heterocycles. The van der Waals surface area contributed by atoms with Gasteiger partial charge >= 0.3 is 0 Å². The van der Waals surface area contributed by atoms with Crippen LogP contribution in [0.5, 0.6) is 11.5 Å². The Balaban J connectivity index is 1.95. The van der Waals surface area contributed by atoms with E-state index in [4.69, 9.17) is 21.7 Å². The van der Waals surface area contributed by atoms with Gasteiger partial charge in [-0.25, -0.2) is 5.01 Å². The molecule has 0 unspecified atom stereocenters. The Morgan fingerprint density at radius 1 is 1.04 bits per heavy atom. The fourth-order valence-corrected chi connectivity index (χ4v) is 3.14. The molecule has 6 heteroatoms. The normalized spacial score (nSPS) is 20.0. The molecule has 2 aromatic rings. The Morgan fingerprint density at radius 3 is 2.38 bits per heavy atom. The molecule has 1 fully saturated rings. The number of anilines is 1.